The molecule has 1 aromatic heterocycles. The third-order valence-electron chi connectivity index (χ3n) is 4.21. The van der Waals surface area contributed by atoms with Crippen LogP contribution in [0.25, 0.3) is 11.5 Å². The van der Waals surface area contributed by atoms with E-state index in [0.717, 1.165) is 12.1 Å². The van der Waals surface area contributed by atoms with Gasteiger partial charge in [0, 0.05) is 24.0 Å². The largest absolute Gasteiger partial charge is 0.494 e. The summed E-state index contributed by atoms with van der Waals surface area (Å²) in [6.07, 6.45) is -4.54. The first-order valence-electron chi connectivity index (χ1n) is 9.58. The third kappa shape index (κ3) is 6.06. The first kappa shape index (κ1) is 22.8. The Morgan fingerprint density at radius 3 is 2.50 bits per heavy atom. The van der Waals surface area contributed by atoms with Gasteiger partial charge in [0.15, 0.2) is 0 Å². The van der Waals surface area contributed by atoms with E-state index in [4.69, 9.17) is 9.15 Å². The van der Waals surface area contributed by atoms with Crippen LogP contribution in [-0.2, 0) is 17.4 Å². The van der Waals surface area contributed by atoms with Crippen molar-refractivity contribution >= 4 is 11.8 Å². The summed E-state index contributed by atoms with van der Waals surface area (Å²) in [6, 6.07) is 10.9. The number of halogens is 3. The average molecular weight is 448 g/mol. The van der Waals surface area contributed by atoms with Crippen LogP contribution in [0.5, 0.6) is 5.75 Å². The molecule has 0 bridgehead atoms. The number of aromatic nitrogens is 2. The molecule has 0 aliphatic rings. The van der Waals surface area contributed by atoms with E-state index in [1.165, 1.54) is 12.1 Å². The molecule has 0 atom stereocenters. The number of carbonyl (C=O) groups excluding carboxylic acids is 2. The normalized spacial score (nSPS) is 11.1. The zero-order valence-electron chi connectivity index (χ0n) is 16.9. The van der Waals surface area contributed by atoms with Gasteiger partial charge in [0.25, 0.3) is 5.91 Å². The zero-order chi connectivity index (χ0) is 23.1. The Labute approximate surface area is 180 Å². The first-order valence-corrected chi connectivity index (χ1v) is 9.58. The van der Waals surface area contributed by atoms with E-state index in [1.54, 1.807) is 24.3 Å². The Balaban J connectivity index is 1.49. The first-order chi connectivity index (χ1) is 15.3. The van der Waals surface area contributed by atoms with Gasteiger partial charge in [-0.2, -0.15) is 13.2 Å². The van der Waals surface area contributed by atoms with Crippen molar-refractivity contribution in [3.63, 3.8) is 0 Å². The number of nitrogens with one attached hydrogen (secondary N) is 2. The number of alkyl halides is 3. The number of amides is 2. The highest BCUT2D eigenvalue weighted by Gasteiger charge is 2.30. The Morgan fingerprint density at radius 2 is 1.81 bits per heavy atom. The number of benzene rings is 2. The Morgan fingerprint density at radius 1 is 1.06 bits per heavy atom. The number of nitrogens with zero attached hydrogens (tertiary/aromatic N) is 2. The summed E-state index contributed by atoms with van der Waals surface area (Å²) in [4.78, 5) is 24.0. The zero-order valence-corrected chi connectivity index (χ0v) is 16.9. The number of carbonyl (C=O) groups is 2. The molecule has 0 aliphatic heterocycles. The second-order valence-corrected chi connectivity index (χ2v) is 6.54. The molecule has 0 unspecified atom stereocenters. The lowest BCUT2D eigenvalue weighted by atomic mass is 10.1. The van der Waals surface area contributed by atoms with Gasteiger partial charge in [-0.25, -0.2) is 0 Å². The molecule has 2 N–H and O–H groups in total. The van der Waals surface area contributed by atoms with Crippen LogP contribution in [0.4, 0.5) is 13.2 Å². The van der Waals surface area contributed by atoms with Crippen LogP contribution in [0, 0.1) is 0 Å². The van der Waals surface area contributed by atoms with Crippen LogP contribution in [0.3, 0.4) is 0 Å². The number of ether oxygens (including phenoxy) is 1. The molecular formula is C21H19F3N4O4. The minimum absolute atomic E-state index is 0.0384. The second-order valence-electron chi connectivity index (χ2n) is 6.54. The van der Waals surface area contributed by atoms with Crippen LogP contribution in [0.2, 0.25) is 0 Å². The van der Waals surface area contributed by atoms with E-state index < -0.39 is 23.6 Å². The lowest BCUT2D eigenvalue weighted by Gasteiger charge is -2.08. The SMILES string of the molecule is CCOc1ccc(C(=O)NNC(=O)CCc2nnc(-c3cccc(C(F)(F)F)c3)o2)cc1. The number of aryl methyl sites for hydroxylation is 1. The fourth-order valence-corrected chi connectivity index (χ4v) is 2.65. The summed E-state index contributed by atoms with van der Waals surface area (Å²) in [7, 11) is 0. The maximum absolute atomic E-state index is 12.8. The van der Waals surface area contributed by atoms with Gasteiger partial charge < -0.3 is 9.15 Å². The van der Waals surface area contributed by atoms with Crippen molar-refractivity contribution in [1.82, 2.24) is 21.0 Å². The predicted octanol–water partition coefficient (Wildman–Crippen LogP) is 3.55. The van der Waals surface area contributed by atoms with E-state index in [9.17, 15) is 22.8 Å². The van der Waals surface area contributed by atoms with Gasteiger partial charge in [-0.3, -0.25) is 20.4 Å². The van der Waals surface area contributed by atoms with Crippen LogP contribution in [0.15, 0.2) is 52.9 Å². The van der Waals surface area contributed by atoms with Crippen LogP contribution < -0.4 is 15.6 Å². The summed E-state index contributed by atoms with van der Waals surface area (Å²) in [5.74, 6) is -0.410. The second kappa shape index (κ2) is 9.94. The van der Waals surface area contributed by atoms with E-state index >= 15 is 0 Å². The van der Waals surface area contributed by atoms with Crippen molar-refractivity contribution < 1.29 is 31.9 Å². The Hall–Kier alpha value is -3.89. The van der Waals surface area contributed by atoms with Crippen molar-refractivity contribution in [2.45, 2.75) is 25.9 Å². The number of hydrogen-bond acceptors (Lipinski definition) is 6. The van der Waals surface area contributed by atoms with Crippen molar-refractivity contribution in [3.05, 3.63) is 65.5 Å². The van der Waals surface area contributed by atoms with Crippen molar-refractivity contribution in [1.29, 1.82) is 0 Å². The molecule has 0 spiro atoms. The molecule has 0 saturated heterocycles. The molecule has 0 saturated carbocycles. The maximum Gasteiger partial charge on any atom is 0.416 e. The topological polar surface area (TPSA) is 106 Å². The fraction of sp³-hybridized carbons (Fsp3) is 0.238. The molecule has 3 aromatic rings. The minimum Gasteiger partial charge on any atom is -0.494 e. The summed E-state index contributed by atoms with van der Waals surface area (Å²) < 4.78 is 49.2. The molecule has 32 heavy (non-hydrogen) atoms. The lowest BCUT2D eigenvalue weighted by molar-refractivity contribution is -0.137. The van der Waals surface area contributed by atoms with E-state index in [1.807, 2.05) is 6.92 Å². The van der Waals surface area contributed by atoms with Crippen molar-refractivity contribution in [2.75, 3.05) is 6.61 Å². The van der Waals surface area contributed by atoms with Gasteiger partial charge in [0.1, 0.15) is 5.75 Å². The quantitative estimate of drug-likeness (QED) is 0.536. The molecule has 0 fully saturated rings. The highest BCUT2D eigenvalue weighted by atomic mass is 19.4. The summed E-state index contributed by atoms with van der Waals surface area (Å²) in [6.45, 7) is 2.35. The molecule has 0 aliphatic carbocycles. The molecule has 2 amide bonds. The Kier molecular flexibility index (Phi) is 7.08. The van der Waals surface area contributed by atoms with Crippen LogP contribution in [-0.4, -0.2) is 28.6 Å². The molecule has 3 rings (SSSR count). The highest BCUT2D eigenvalue weighted by Crippen LogP contribution is 2.31. The van der Waals surface area contributed by atoms with Gasteiger partial charge in [-0.05, 0) is 49.4 Å². The fourth-order valence-electron chi connectivity index (χ4n) is 2.65. The van der Waals surface area contributed by atoms with E-state index in [2.05, 4.69) is 21.0 Å². The van der Waals surface area contributed by atoms with Gasteiger partial charge in [0.2, 0.25) is 17.7 Å². The van der Waals surface area contributed by atoms with Gasteiger partial charge >= 0.3 is 6.18 Å². The molecule has 11 heteroatoms. The average Bonchev–Trinajstić information content (AvgIpc) is 3.25. The van der Waals surface area contributed by atoms with E-state index in [0.29, 0.717) is 17.9 Å². The Bertz CT molecular complexity index is 1080. The molecule has 8 nitrogen and oxygen atoms in total. The van der Waals surface area contributed by atoms with E-state index in [-0.39, 0.29) is 30.2 Å². The highest BCUT2D eigenvalue weighted by molar-refractivity contribution is 5.95. The smallest absolute Gasteiger partial charge is 0.416 e. The maximum atomic E-state index is 12.8. The monoisotopic (exact) mass is 448 g/mol. The predicted molar refractivity (Wildman–Crippen MR) is 106 cm³/mol. The van der Waals surface area contributed by atoms with Crippen LogP contribution >= 0.6 is 0 Å². The molecule has 1 heterocycles. The summed E-state index contributed by atoms with van der Waals surface area (Å²) in [5, 5.41) is 7.47. The number of hydrazine groups is 1. The molecule has 0 radical (unpaired) electrons. The van der Waals surface area contributed by atoms with Gasteiger partial charge in [0.05, 0.1) is 12.2 Å². The molecule has 2 aromatic carbocycles. The summed E-state index contributed by atoms with van der Waals surface area (Å²) in [5.41, 5.74) is 4.16. The van der Waals surface area contributed by atoms with Crippen molar-refractivity contribution in [3.8, 4) is 17.2 Å². The van der Waals surface area contributed by atoms with Gasteiger partial charge in [-0.1, -0.05) is 6.07 Å². The molecular weight excluding hydrogens is 429 g/mol. The number of hydrogen-bond donors (Lipinski definition) is 2. The summed E-state index contributed by atoms with van der Waals surface area (Å²) >= 11 is 0. The van der Waals surface area contributed by atoms with Crippen molar-refractivity contribution in [2.24, 2.45) is 0 Å². The standard InChI is InChI=1S/C21H19F3N4O4/c1-2-31-16-8-6-13(7-9-16)19(30)27-25-17(29)10-11-18-26-28-20(32-18)14-4-3-5-15(12-14)21(22,23)24/h3-9,12H,2,10-11H2,1H3,(H,25,29)(H,27,30). The third-order valence-corrected chi connectivity index (χ3v) is 4.21. The lowest BCUT2D eigenvalue weighted by Crippen LogP contribution is -2.41. The van der Waals surface area contributed by atoms with Gasteiger partial charge in [-0.15, -0.1) is 10.2 Å². The van der Waals surface area contributed by atoms with Crippen LogP contribution in [0.1, 0.15) is 35.2 Å². The molecule has 168 valence electrons. The minimum atomic E-state index is -4.49. The number of rotatable bonds is 7.